The van der Waals surface area contributed by atoms with Gasteiger partial charge in [-0.2, -0.15) is 0 Å². The number of nitrogens with zero attached hydrogens (tertiary/aromatic N) is 2. The Hall–Kier alpha value is -0.970. The highest BCUT2D eigenvalue weighted by Gasteiger charge is 2.14. The lowest BCUT2D eigenvalue weighted by atomic mass is 10.1. The van der Waals surface area contributed by atoms with Crippen LogP contribution in [-0.2, 0) is 0 Å². The normalized spacial score (nSPS) is 14.8. The molecule has 1 aliphatic rings. The third kappa shape index (κ3) is 5.04. The first kappa shape index (κ1) is 19.1. The number of piperazine rings is 1. The summed E-state index contributed by atoms with van der Waals surface area (Å²) in [5.74, 6) is 1.03. The molecule has 1 saturated heterocycles. The maximum atomic E-state index is 6.02. The Morgan fingerprint density at radius 1 is 1.18 bits per heavy atom. The van der Waals surface area contributed by atoms with Gasteiger partial charge in [0.05, 0.1) is 0 Å². The molecule has 2 rings (SSSR count). The minimum Gasteiger partial charge on any atom is -0.492 e. The summed E-state index contributed by atoms with van der Waals surface area (Å²) in [5, 5.41) is 3.40. The van der Waals surface area contributed by atoms with Crippen molar-refractivity contribution in [2.75, 3.05) is 57.3 Å². The number of anilines is 1. The van der Waals surface area contributed by atoms with Gasteiger partial charge in [-0.15, -0.1) is 12.4 Å². The van der Waals surface area contributed by atoms with Gasteiger partial charge >= 0.3 is 0 Å². The van der Waals surface area contributed by atoms with E-state index in [2.05, 4.69) is 54.1 Å². The molecule has 0 atom stereocenters. The highest BCUT2D eigenvalue weighted by atomic mass is 35.5. The summed E-state index contributed by atoms with van der Waals surface area (Å²) >= 11 is 0. The molecule has 0 bridgehead atoms. The fourth-order valence-corrected chi connectivity index (χ4v) is 2.83. The van der Waals surface area contributed by atoms with Crippen LogP contribution >= 0.6 is 12.4 Å². The van der Waals surface area contributed by atoms with E-state index >= 15 is 0 Å². The van der Waals surface area contributed by atoms with Crippen LogP contribution in [0.5, 0.6) is 5.75 Å². The lowest BCUT2D eigenvalue weighted by molar-refractivity contribution is 0.222. The number of hydrogen-bond acceptors (Lipinski definition) is 4. The summed E-state index contributed by atoms with van der Waals surface area (Å²) in [6, 6.07) is 6.40. The number of ether oxygens (including phenoxy) is 1. The van der Waals surface area contributed by atoms with Gasteiger partial charge in [-0.25, -0.2) is 0 Å². The van der Waals surface area contributed by atoms with Crippen LogP contribution in [0.4, 0.5) is 5.69 Å². The average Bonchev–Trinajstić information content (AvgIpc) is 2.54. The van der Waals surface area contributed by atoms with E-state index in [0.29, 0.717) is 0 Å². The molecule has 22 heavy (non-hydrogen) atoms. The van der Waals surface area contributed by atoms with Crippen LogP contribution in [0.3, 0.4) is 0 Å². The van der Waals surface area contributed by atoms with Gasteiger partial charge in [-0.1, -0.05) is 19.9 Å². The molecule has 5 heteroatoms. The van der Waals surface area contributed by atoms with Gasteiger partial charge < -0.3 is 19.9 Å². The molecule has 1 aromatic carbocycles. The molecule has 0 radical (unpaired) electrons. The van der Waals surface area contributed by atoms with Crippen LogP contribution in [0.1, 0.15) is 19.4 Å². The molecule has 1 fully saturated rings. The molecular formula is C17H30ClN3O. The molecule has 0 aliphatic carbocycles. The second-order valence-electron chi connectivity index (χ2n) is 5.51. The minimum atomic E-state index is 0. The maximum Gasteiger partial charge on any atom is 0.124 e. The van der Waals surface area contributed by atoms with E-state index in [9.17, 15) is 0 Å². The standard InChI is InChI=1S/C17H29N3O.ClH/c1-4-19(5-2)13-14-21-17-8-6-7-16(15(17)3)20-11-9-18-10-12-20;/h6-8,18H,4-5,9-14H2,1-3H3;1H. The van der Waals surface area contributed by atoms with Gasteiger partial charge in [0.2, 0.25) is 0 Å². The maximum absolute atomic E-state index is 6.02. The second kappa shape index (κ2) is 9.93. The zero-order valence-electron chi connectivity index (χ0n) is 14.1. The van der Waals surface area contributed by atoms with Gasteiger partial charge in [0.1, 0.15) is 12.4 Å². The van der Waals surface area contributed by atoms with Crippen molar-refractivity contribution in [1.82, 2.24) is 10.2 Å². The minimum absolute atomic E-state index is 0. The third-order valence-electron chi connectivity index (χ3n) is 4.27. The molecule has 126 valence electrons. The van der Waals surface area contributed by atoms with E-state index in [4.69, 9.17) is 4.74 Å². The Bertz CT molecular complexity index is 432. The predicted molar refractivity (Wildman–Crippen MR) is 96.8 cm³/mol. The molecular weight excluding hydrogens is 298 g/mol. The van der Waals surface area contributed by atoms with Crippen LogP contribution < -0.4 is 15.0 Å². The molecule has 0 saturated carbocycles. The fourth-order valence-electron chi connectivity index (χ4n) is 2.83. The lowest BCUT2D eigenvalue weighted by Gasteiger charge is -2.31. The van der Waals surface area contributed by atoms with E-state index in [1.165, 1.54) is 11.3 Å². The average molecular weight is 328 g/mol. The molecule has 0 spiro atoms. The summed E-state index contributed by atoms with van der Waals surface area (Å²) in [5.41, 5.74) is 2.58. The SMILES string of the molecule is CCN(CC)CCOc1cccc(N2CCNCC2)c1C.Cl. The number of rotatable bonds is 7. The van der Waals surface area contributed by atoms with Gasteiger partial charge in [0.15, 0.2) is 0 Å². The Morgan fingerprint density at radius 2 is 1.86 bits per heavy atom. The summed E-state index contributed by atoms with van der Waals surface area (Å²) in [4.78, 5) is 4.83. The van der Waals surface area contributed by atoms with E-state index < -0.39 is 0 Å². The zero-order chi connectivity index (χ0) is 15.1. The van der Waals surface area contributed by atoms with Crippen LogP contribution in [0.2, 0.25) is 0 Å². The summed E-state index contributed by atoms with van der Waals surface area (Å²) in [7, 11) is 0. The van der Waals surface area contributed by atoms with E-state index in [1.807, 2.05) is 0 Å². The van der Waals surface area contributed by atoms with Gasteiger partial charge in [0, 0.05) is 44.0 Å². The summed E-state index contributed by atoms with van der Waals surface area (Å²) < 4.78 is 6.02. The molecule has 1 aromatic rings. The number of halogens is 1. The highest BCUT2D eigenvalue weighted by molar-refractivity contribution is 5.85. The highest BCUT2D eigenvalue weighted by Crippen LogP contribution is 2.28. The summed E-state index contributed by atoms with van der Waals surface area (Å²) in [6.07, 6.45) is 0. The number of benzene rings is 1. The van der Waals surface area contributed by atoms with Crippen LogP contribution in [0, 0.1) is 6.92 Å². The topological polar surface area (TPSA) is 27.7 Å². The monoisotopic (exact) mass is 327 g/mol. The van der Waals surface area contributed by atoms with Crippen LogP contribution in [0.25, 0.3) is 0 Å². The van der Waals surface area contributed by atoms with E-state index in [1.54, 1.807) is 0 Å². The van der Waals surface area contributed by atoms with E-state index in [0.717, 1.165) is 58.2 Å². The zero-order valence-corrected chi connectivity index (χ0v) is 14.9. The molecule has 0 amide bonds. The number of likely N-dealkylation sites (N-methyl/N-ethyl adjacent to an activating group) is 1. The van der Waals surface area contributed by atoms with Crippen molar-refractivity contribution in [3.63, 3.8) is 0 Å². The van der Waals surface area contributed by atoms with Crippen molar-refractivity contribution < 1.29 is 4.74 Å². The van der Waals surface area contributed by atoms with Gasteiger partial charge in [-0.05, 0) is 32.1 Å². The molecule has 0 unspecified atom stereocenters. The Kier molecular flexibility index (Phi) is 8.61. The van der Waals surface area contributed by atoms with Crippen molar-refractivity contribution in [3.05, 3.63) is 23.8 Å². The first-order chi connectivity index (χ1) is 10.3. The molecule has 1 aliphatic heterocycles. The first-order valence-corrected chi connectivity index (χ1v) is 8.16. The Labute approximate surface area is 141 Å². The lowest BCUT2D eigenvalue weighted by Crippen LogP contribution is -2.43. The van der Waals surface area contributed by atoms with Crippen molar-refractivity contribution in [2.45, 2.75) is 20.8 Å². The molecule has 0 aromatic heterocycles. The van der Waals surface area contributed by atoms with Crippen molar-refractivity contribution >= 4 is 18.1 Å². The Morgan fingerprint density at radius 3 is 2.50 bits per heavy atom. The fraction of sp³-hybridized carbons (Fsp3) is 0.647. The van der Waals surface area contributed by atoms with Crippen molar-refractivity contribution in [1.29, 1.82) is 0 Å². The first-order valence-electron chi connectivity index (χ1n) is 8.16. The van der Waals surface area contributed by atoms with Gasteiger partial charge in [-0.3, -0.25) is 0 Å². The smallest absolute Gasteiger partial charge is 0.124 e. The molecule has 1 heterocycles. The van der Waals surface area contributed by atoms with E-state index in [-0.39, 0.29) is 12.4 Å². The molecule has 1 N–H and O–H groups in total. The van der Waals surface area contributed by atoms with Crippen molar-refractivity contribution in [2.24, 2.45) is 0 Å². The molecule has 4 nitrogen and oxygen atoms in total. The summed E-state index contributed by atoms with van der Waals surface area (Å²) in [6.45, 7) is 14.7. The van der Waals surface area contributed by atoms with Crippen molar-refractivity contribution in [3.8, 4) is 5.75 Å². The quantitative estimate of drug-likeness (QED) is 0.833. The number of hydrogen-bond donors (Lipinski definition) is 1. The Balaban J connectivity index is 0.00000242. The van der Waals surface area contributed by atoms with Crippen LogP contribution in [0.15, 0.2) is 18.2 Å². The largest absolute Gasteiger partial charge is 0.492 e. The predicted octanol–water partition coefficient (Wildman–Crippen LogP) is 2.55. The van der Waals surface area contributed by atoms with Crippen LogP contribution in [-0.4, -0.2) is 57.3 Å². The second-order valence-corrected chi connectivity index (χ2v) is 5.51. The van der Waals surface area contributed by atoms with Gasteiger partial charge in [0.25, 0.3) is 0 Å². The third-order valence-corrected chi connectivity index (χ3v) is 4.27. The number of nitrogens with one attached hydrogen (secondary N) is 1.